The molecule has 0 heterocycles. The van der Waals surface area contributed by atoms with Crippen LogP contribution in [-0.4, -0.2) is 14.2 Å². The molecule has 0 aliphatic carbocycles. The molecule has 2 aromatic carbocycles. The number of hydrogen-bond donors (Lipinski definition) is 0. The maximum absolute atomic E-state index is 13.2. The lowest BCUT2D eigenvalue weighted by Crippen LogP contribution is -2.35. The fourth-order valence-corrected chi connectivity index (χ4v) is 4.53. The predicted octanol–water partition coefficient (Wildman–Crippen LogP) is 4.27. The van der Waals surface area contributed by atoms with Crippen molar-refractivity contribution in [2.24, 2.45) is 0 Å². The van der Waals surface area contributed by atoms with E-state index in [1.807, 2.05) is 6.07 Å². The van der Waals surface area contributed by atoms with Gasteiger partial charge in [-0.1, -0.05) is 30.3 Å². The first-order valence-electron chi connectivity index (χ1n) is 7.93. The molecule has 0 spiro atoms. The lowest BCUT2D eigenvalue weighted by atomic mass is 9.93. The van der Waals surface area contributed by atoms with Gasteiger partial charge >= 0.3 is 6.18 Å². The molecule has 0 radical (unpaired) electrons. The minimum absolute atomic E-state index is 0.161. The molecule has 1 atom stereocenters. The predicted molar refractivity (Wildman–Crippen MR) is 92.3 cm³/mol. The summed E-state index contributed by atoms with van der Waals surface area (Å²) in [7, 11) is -4.40. The number of carbonyl (C=O) groups is 1. The number of sulfone groups is 1. The molecule has 2 rings (SSSR count). The van der Waals surface area contributed by atoms with Crippen molar-refractivity contribution in [2.75, 3.05) is 0 Å². The topological polar surface area (TPSA) is 75.0 Å². The first kappa shape index (κ1) is 20.6. The summed E-state index contributed by atoms with van der Waals surface area (Å²) < 4.78 is 62.7. The Kier molecular flexibility index (Phi) is 5.76. The van der Waals surface area contributed by atoms with Crippen LogP contribution < -0.4 is 0 Å². The molecule has 8 heteroatoms. The van der Waals surface area contributed by atoms with E-state index in [0.717, 1.165) is 12.1 Å². The zero-order valence-corrected chi connectivity index (χ0v) is 15.1. The smallest absolute Gasteiger partial charge is 0.300 e. The van der Waals surface area contributed by atoms with Crippen molar-refractivity contribution >= 4 is 15.6 Å². The summed E-state index contributed by atoms with van der Waals surface area (Å²) in [5.74, 6) is -0.298. The van der Waals surface area contributed by atoms with Gasteiger partial charge in [0.25, 0.3) is 0 Å². The molecule has 0 aliphatic rings. The minimum Gasteiger partial charge on any atom is -0.300 e. The van der Waals surface area contributed by atoms with Crippen LogP contribution >= 0.6 is 0 Å². The highest BCUT2D eigenvalue weighted by Crippen LogP contribution is 2.40. The van der Waals surface area contributed by atoms with Crippen molar-refractivity contribution in [3.63, 3.8) is 0 Å². The first-order chi connectivity index (χ1) is 12.5. The Balaban J connectivity index is 2.63. The van der Waals surface area contributed by atoms with Crippen molar-refractivity contribution < 1.29 is 26.4 Å². The van der Waals surface area contributed by atoms with Gasteiger partial charge in [0, 0.05) is 6.42 Å². The highest BCUT2D eigenvalue weighted by molar-refractivity contribution is 7.92. The van der Waals surface area contributed by atoms with Crippen LogP contribution in [0.25, 0.3) is 0 Å². The van der Waals surface area contributed by atoms with Crippen LogP contribution in [0.1, 0.15) is 30.9 Å². The molecule has 0 aromatic heterocycles. The van der Waals surface area contributed by atoms with Crippen molar-refractivity contribution in [1.82, 2.24) is 0 Å². The summed E-state index contributed by atoms with van der Waals surface area (Å²) >= 11 is 0. The molecule has 0 saturated carbocycles. The number of benzene rings is 2. The molecular formula is C19H16F3NO3S. The summed E-state index contributed by atoms with van der Waals surface area (Å²) in [4.78, 5) is 11.0. The maximum Gasteiger partial charge on any atom is 0.416 e. The van der Waals surface area contributed by atoms with Crippen LogP contribution in [-0.2, 0) is 25.6 Å². The van der Waals surface area contributed by atoms with Gasteiger partial charge in [0.15, 0.2) is 4.75 Å². The summed E-state index contributed by atoms with van der Waals surface area (Å²) in [5.41, 5.74) is -0.832. The standard InChI is InChI=1S/C19H16F3NO3S/c1-14(24)11-12-18(13-23,15-5-3-2-4-6-15)27(25,26)17-9-7-16(8-10-17)19(20,21)22/h2-10H,11-12H2,1H3/t18-/m1/s1. The van der Waals surface area contributed by atoms with E-state index in [1.165, 1.54) is 19.1 Å². The second kappa shape index (κ2) is 7.53. The van der Waals surface area contributed by atoms with Crippen molar-refractivity contribution in [2.45, 2.75) is 35.6 Å². The zero-order chi connectivity index (χ0) is 20.3. The Morgan fingerprint density at radius 3 is 2.00 bits per heavy atom. The molecule has 0 fully saturated rings. The first-order valence-corrected chi connectivity index (χ1v) is 9.41. The maximum atomic E-state index is 13.2. The summed E-state index contributed by atoms with van der Waals surface area (Å²) in [6.45, 7) is 1.28. The average molecular weight is 395 g/mol. The number of ketones is 1. The second-order valence-corrected chi connectivity index (χ2v) is 8.21. The lowest BCUT2D eigenvalue weighted by molar-refractivity contribution is -0.137. The van der Waals surface area contributed by atoms with Crippen molar-refractivity contribution in [3.05, 3.63) is 65.7 Å². The average Bonchev–Trinajstić information content (AvgIpc) is 2.62. The van der Waals surface area contributed by atoms with Crippen LogP contribution in [0.4, 0.5) is 13.2 Å². The number of nitrogens with zero attached hydrogens (tertiary/aromatic N) is 1. The number of halogens is 3. The van der Waals surface area contributed by atoms with Crippen LogP contribution in [0.3, 0.4) is 0 Å². The van der Waals surface area contributed by atoms with Crippen LogP contribution in [0.2, 0.25) is 0 Å². The van der Waals surface area contributed by atoms with Crippen LogP contribution in [0, 0.1) is 11.3 Å². The van der Waals surface area contributed by atoms with Gasteiger partial charge in [0.05, 0.1) is 16.5 Å². The zero-order valence-electron chi connectivity index (χ0n) is 14.3. The van der Waals surface area contributed by atoms with E-state index in [4.69, 9.17) is 0 Å². The summed E-state index contributed by atoms with van der Waals surface area (Å²) in [6, 6.07) is 12.4. The van der Waals surface area contributed by atoms with Gasteiger partial charge in [-0.15, -0.1) is 0 Å². The molecule has 0 N–H and O–H groups in total. The summed E-state index contributed by atoms with van der Waals surface area (Å²) in [5, 5.41) is 9.80. The molecule has 0 bridgehead atoms. The number of nitriles is 1. The molecule has 0 unspecified atom stereocenters. The fourth-order valence-electron chi connectivity index (χ4n) is 2.70. The van der Waals surface area contributed by atoms with Gasteiger partial charge < -0.3 is 4.79 Å². The Hall–Kier alpha value is -2.66. The molecule has 0 saturated heterocycles. The normalized spacial score (nSPS) is 14.2. The van der Waals surface area contributed by atoms with Crippen molar-refractivity contribution in [1.29, 1.82) is 5.26 Å². The van der Waals surface area contributed by atoms with E-state index >= 15 is 0 Å². The van der Waals surface area contributed by atoms with E-state index in [0.29, 0.717) is 12.1 Å². The van der Waals surface area contributed by atoms with Crippen LogP contribution in [0.5, 0.6) is 0 Å². The third-order valence-electron chi connectivity index (χ3n) is 4.20. The molecule has 27 heavy (non-hydrogen) atoms. The highest BCUT2D eigenvalue weighted by Gasteiger charge is 2.47. The van der Waals surface area contributed by atoms with Gasteiger partial charge in [-0.3, -0.25) is 0 Å². The quantitative estimate of drug-likeness (QED) is 0.732. The molecular weight excluding hydrogens is 379 g/mol. The molecule has 2 aromatic rings. The van der Waals surface area contributed by atoms with Gasteiger partial charge in [-0.05, 0) is 43.2 Å². The van der Waals surface area contributed by atoms with Crippen LogP contribution in [0.15, 0.2) is 59.5 Å². The SMILES string of the molecule is CC(=O)CC[C@@](C#N)(c1ccccc1)S(=O)(=O)c1ccc(C(F)(F)F)cc1. The fraction of sp³-hybridized carbons (Fsp3) is 0.263. The van der Waals surface area contributed by atoms with Gasteiger partial charge in [-0.25, -0.2) is 8.42 Å². The number of rotatable bonds is 6. The Bertz CT molecular complexity index is 962. The number of hydrogen-bond acceptors (Lipinski definition) is 4. The minimum atomic E-state index is -4.61. The third kappa shape index (κ3) is 4.03. The van der Waals surface area contributed by atoms with E-state index < -0.39 is 31.2 Å². The van der Waals surface area contributed by atoms with Gasteiger partial charge in [0.2, 0.25) is 9.84 Å². The Morgan fingerprint density at radius 2 is 1.56 bits per heavy atom. The van der Waals surface area contributed by atoms with E-state index in [2.05, 4.69) is 0 Å². The van der Waals surface area contributed by atoms with E-state index in [9.17, 15) is 31.6 Å². The largest absolute Gasteiger partial charge is 0.416 e. The molecule has 0 aliphatic heterocycles. The Labute approximate surface area is 155 Å². The number of Topliss-reactive ketones (excluding diaryl/α,β-unsaturated/α-hetero) is 1. The Morgan fingerprint density at radius 1 is 1.00 bits per heavy atom. The monoisotopic (exact) mass is 395 g/mol. The second-order valence-electron chi connectivity index (χ2n) is 6.03. The van der Waals surface area contributed by atoms with Gasteiger partial charge in [-0.2, -0.15) is 18.4 Å². The molecule has 142 valence electrons. The lowest BCUT2D eigenvalue weighted by Gasteiger charge is -2.27. The summed E-state index contributed by atoms with van der Waals surface area (Å²) in [6.07, 6.45) is -5.07. The van der Waals surface area contributed by atoms with E-state index in [-0.39, 0.29) is 24.2 Å². The molecule has 4 nitrogen and oxygen atoms in total. The highest BCUT2D eigenvalue weighted by atomic mass is 32.2. The molecule has 0 amide bonds. The number of carbonyl (C=O) groups excluding carboxylic acids is 1. The van der Waals surface area contributed by atoms with E-state index in [1.54, 1.807) is 18.2 Å². The van der Waals surface area contributed by atoms with Gasteiger partial charge in [0.1, 0.15) is 5.78 Å². The third-order valence-corrected chi connectivity index (χ3v) is 6.54. The van der Waals surface area contributed by atoms with Crippen molar-refractivity contribution in [3.8, 4) is 6.07 Å². The number of alkyl halides is 3.